The molecule has 1 saturated heterocycles. The minimum absolute atomic E-state index is 0.236. The van der Waals surface area contributed by atoms with Crippen LogP contribution in [-0.4, -0.2) is 24.6 Å². The molecule has 1 aliphatic heterocycles. The van der Waals surface area contributed by atoms with Crippen molar-refractivity contribution in [2.24, 2.45) is 0 Å². The average molecular weight is 228 g/mol. The molecule has 1 fully saturated rings. The second-order valence-corrected chi connectivity index (χ2v) is 5.50. The zero-order valence-corrected chi connectivity index (χ0v) is 11.5. The highest BCUT2D eigenvalue weighted by Crippen LogP contribution is 2.37. The van der Waals surface area contributed by atoms with Crippen molar-refractivity contribution in [3.8, 4) is 0 Å². The zero-order chi connectivity index (χ0) is 12.4. The maximum absolute atomic E-state index is 5.83. The maximum Gasteiger partial charge on any atom is 0.640 e. The summed E-state index contributed by atoms with van der Waals surface area (Å²) in [7, 11) is -0.513. The molecule has 16 heavy (non-hydrogen) atoms. The predicted octanol–water partition coefficient (Wildman–Crippen LogP) is 3.17. The van der Waals surface area contributed by atoms with Gasteiger partial charge in [-0.1, -0.05) is 20.3 Å². The molecular weight excluding hydrogens is 203 g/mol. The van der Waals surface area contributed by atoms with E-state index in [4.69, 9.17) is 14.0 Å². The van der Waals surface area contributed by atoms with Gasteiger partial charge in [0.25, 0.3) is 0 Å². The van der Waals surface area contributed by atoms with Gasteiger partial charge in [0.15, 0.2) is 0 Å². The second-order valence-electron chi connectivity index (χ2n) is 5.50. The van der Waals surface area contributed by atoms with Crippen LogP contribution in [-0.2, 0) is 14.0 Å². The van der Waals surface area contributed by atoms with Crippen LogP contribution in [0.2, 0.25) is 0 Å². The van der Waals surface area contributed by atoms with Crippen molar-refractivity contribution >= 4 is 7.32 Å². The summed E-state index contributed by atoms with van der Waals surface area (Å²) >= 11 is 0. The Hall–Kier alpha value is -0.0551. The minimum atomic E-state index is -0.513. The van der Waals surface area contributed by atoms with E-state index >= 15 is 0 Å². The highest BCUT2D eigenvalue weighted by atomic mass is 16.8. The molecule has 1 unspecified atom stereocenters. The molecule has 0 amide bonds. The van der Waals surface area contributed by atoms with Gasteiger partial charge in [-0.15, -0.1) is 0 Å². The molecule has 94 valence electrons. The summed E-state index contributed by atoms with van der Waals surface area (Å²) in [6.45, 7) is 12.4. The number of hydrogen-bond donors (Lipinski definition) is 0. The molecule has 1 heterocycles. The van der Waals surface area contributed by atoms with Crippen LogP contribution in [0.1, 0.15) is 60.8 Å². The zero-order valence-electron chi connectivity index (χ0n) is 11.5. The number of rotatable bonds is 5. The highest BCUT2D eigenvalue weighted by Gasteiger charge is 2.53. The Balaban J connectivity index is 2.52. The van der Waals surface area contributed by atoms with Gasteiger partial charge < -0.3 is 14.0 Å². The molecule has 0 aliphatic carbocycles. The lowest BCUT2D eigenvalue weighted by Gasteiger charge is -2.31. The topological polar surface area (TPSA) is 27.7 Å². The predicted molar refractivity (Wildman–Crippen MR) is 66.2 cm³/mol. The van der Waals surface area contributed by atoms with Crippen molar-refractivity contribution in [1.29, 1.82) is 0 Å². The molecule has 0 radical (unpaired) electrons. The summed E-state index contributed by atoms with van der Waals surface area (Å²) in [5.74, 6) is 0. The molecule has 0 aromatic heterocycles. The van der Waals surface area contributed by atoms with E-state index in [0.717, 1.165) is 19.3 Å². The molecule has 1 aliphatic rings. The summed E-state index contributed by atoms with van der Waals surface area (Å²) < 4.78 is 17.4. The van der Waals surface area contributed by atoms with Gasteiger partial charge in [-0.3, -0.25) is 0 Å². The SMILES string of the molecule is CCCC(CC)OB1OC(C)(C)C(C)(C)O1. The molecule has 1 atom stereocenters. The lowest BCUT2D eigenvalue weighted by Crippen LogP contribution is -2.41. The van der Waals surface area contributed by atoms with Gasteiger partial charge in [0, 0.05) is 6.10 Å². The van der Waals surface area contributed by atoms with Crippen molar-refractivity contribution in [3.63, 3.8) is 0 Å². The second kappa shape index (κ2) is 5.07. The largest absolute Gasteiger partial charge is 0.640 e. The molecule has 3 nitrogen and oxygen atoms in total. The van der Waals surface area contributed by atoms with E-state index in [1.54, 1.807) is 0 Å². The summed E-state index contributed by atoms with van der Waals surface area (Å²) in [6.07, 6.45) is 3.41. The van der Waals surface area contributed by atoms with Crippen molar-refractivity contribution in [2.75, 3.05) is 0 Å². The first-order valence-electron chi connectivity index (χ1n) is 6.33. The first-order chi connectivity index (χ1) is 7.32. The van der Waals surface area contributed by atoms with Crippen molar-refractivity contribution in [3.05, 3.63) is 0 Å². The van der Waals surface area contributed by atoms with E-state index in [9.17, 15) is 0 Å². The third-order valence-electron chi connectivity index (χ3n) is 3.60. The summed E-state index contributed by atoms with van der Waals surface area (Å²) in [5.41, 5.74) is -0.607. The van der Waals surface area contributed by atoms with Crippen LogP contribution < -0.4 is 0 Å². The lowest BCUT2D eigenvalue weighted by molar-refractivity contribution is 0.00578. The minimum Gasteiger partial charge on any atom is -0.383 e. The third-order valence-corrected chi connectivity index (χ3v) is 3.60. The highest BCUT2D eigenvalue weighted by molar-refractivity contribution is 6.37. The fraction of sp³-hybridized carbons (Fsp3) is 1.00. The maximum atomic E-state index is 5.83. The fourth-order valence-corrected chi connectivity index (χ4v) is 1.69. The van der Waals surface area contributed by atoms with E-state index in [-0.39, 0.29) is 17.3 Å². The van der Waals surface area contributed by atoms with Gasteiger partial charge in [0.1, 0.15) is 0 Å². The monoisotopic (exact) mass is 228 g/mol. The smallest absolute Gasteiger partial charge is 0.383 e. The first kappa shape index (κ1) is 14.0. The Morgan fingerprint density at radius 1 is 1.06 bits per heavy atom. The van der Waals surface area contributed by atoms with Gasteiger partial charge in [-0.05, 0) is 40.5 Å². The molecule has 0 bridgehead atoms. The summed E-state index contributed by atoms with van der Waals surface area (Å²) in [4.78, 5) is 0. The van der Waals surface area contributed by atoms with Crippen LogP contribution in [0, 0.1) is 0 Å². The van der Waals surface area contributed by atoms with Crippen LogP contribution in [0.15, 0.2) is 0 Å². The molecule has 0 aromatic rings. The van der Waals surface area contributed by atoms with E-state index in [1.807, 2.05) is 27.7 Å². The average Bonchev–Trinajstić information content (AvgIpc) is 2.34. The Morgan fingerprint density at radius 2 is 1.56 bits per heavy atom. The molecule has 0 spiro atoms. The van der Waals surface area contributed by atoms with Crippen molar-refractivity contribution in [1.82, 2.24) is 0 Å². The van der Waals surface area contributed by atoms with Gasteiger partial charge in [-0.2, -0.15) is 0 Å². The quantitative estimate of drug-likeness (QED) is 0.676. The van der Waals surface area contributed by atoms with Crippen molar-refractivity contribution < 1.29 is 14.0 Å². The number of hydrogen-bond acceptors (Lipinski definition) is 3. The summed E-state index contributed by atoms with van der Waals surface area (Å²) in [6, 6.07) is 0. The van der Waals surface area contributed by atoms with E-state index in [2.05, 4.69) is 13.8 Å². The van der Waals surface area contributed by atoms with Crippen LogP contribution in [0.25, 0.3) is 0 Å². The van der Waals surface area contributed by atoms with Gasteiger partial charge in [0.2, 0.25) is 0 Å². The Labute approximate surface area is 100 Å². The fourth-order valence-electron chi connectivity index (χ4n) is 1.69. The van der Waals surface area contributed by atoms with Gasteiger partial charge >= 0.3 is 7.32 Å². The first-order valence-corrected chi connectivity index (χ1v) is 6.33. The van der Waals surface area contributed by atoms with Crippen molar-refractivity contribution in [2.45, 2.75) is 78.1 Å². The van der Waals surface area contributed by atoms with E-state index in [0.29, 0.717) is 0 Å². The normalized spacial score (nSPS) is 24.8. The van der Waals surface area contributed by atoms with Gasteiger partial charge in [-0.25, -0.2) is 0 Å². The molecule has 0 N–H and O–H groups in total. The Morgan fingerprint density at radius 3 is 1.94 bits per heavy atom. The van der Waals surface area contributed by atoms with Crippen LogP contribution in [0.3, 0.4) is 0 Å². The van der Waals surface area contributed by atoms with Crippen LogP contribution >= 0.6 is 0 Å². The molecule has 4 heteroatoms. The molecular formula is C12H25BO3. The van der Waals surface area contributed by atoms with Gasteiger partial charge in [0.05, 0.1) is 11.2 Å². The molecule has 0 aromatic carbocycles. The lowest BCUT2D eigenvalue weighted by atomic mass is 9.90. The molecule has 0 saturated carbocycles. The standard InChI is InChI=1S/C12H25BO3/c1-7-9-10(8-2)14-13-15-11(3,4)12(5,6)16-13/h10H,7-9H2,1-6H3. The molecule has 1 rings (SSSR count). The third kappa shape index (κ3) is 2.99. The Bertz CT molecular complexity index is 212. The van der Waals surface area contributed by atoms with E-state index in [1.165, 1.54) is 0 Å². The van der Waals surface area contributed by atoms with Crippen LogP contribution in [0.4, 0.5) is 0 Å². The van der Waals surface area contributed by atoms with Crippen LogP contribution in [0.5, 0.6) is 0 Å². The Kier molecular flexibility index (Phi) is 4.44. The summed E-state index contributed by atoms with van der Waals surface area (Å²) in [5, 5.41) is 0. The van der Waals surface area contributed by atoms with E-state index < -0.39 is 7.32 Å².